The van der Waals surface area contributed by atoms with Crippen molar-refractivity contribution in [2.24, 2.45) is 0 Å². The van der Waals surface area contributed by atoms with Gasteiger partial charge in [-0.05, 0) is 25.0 Å². The van der Waals surface area contributed by atoms with Gasteiger partial charge in [-0.2, -0.15) is 0 Å². The van der Waals surface area contributed by atoms with Crippen molar-refractivity contribution >= 4 is 12.1 Å². The Bertz CT molecular complexity index is 722. The molecule has 0 spiro atoms. The molecule has 0 aromatic carbocycles. The molecule has 2 aromatic rings. The van der Waals surface area contributed by atoms with Crippen LogP contribution in [0.4, 0.5) is 9.59 Å². The maximum atomic E-state index is 12.6. The van der Waals surface area contributed by atoms with Gasteiger partial charge in [0.15, 0.2) is 0 Å². The number of carboxylic acid groups (broad SMARTS) is 1. The fraction of sp³-hybridized carbons (Fsp3) is 0.375. The number of imidazole rings is 1. The number of rotatable bonds is 2. The van der Waals surface area contributed by atoms with Crippen LogP contribution < -0.4 is 0 Å². The summed E-state index contributed by atoms with van der Waals surface area (Å²) < 4.78 is 1.45. The Hall–Kier alpha value is -2.90. The molecule has 2 aromatic heterocycles. The van der Waals surface area contributed by atoms with Crippen molar-refractivity contribution < 1.29 is 14.7 Å². The van der Waals surface area contributed by atoms with E-state index in [0.717, 1.165) is 5.56 Å². The van der Waals surface area contributed by atoms with Crippen molar-refractivity contribution in [3.63, 3.8) is 0 Å². The number of nitrogens with zero attached hydrogens (tertiary/aromatic N) is 5. The van der Waals surface area contributed by atoms with E-state index in [1.165, 1.54) is 15.8 Å². The average Bonchev–Trinajstić information content (AvgIpc) is 3.11. The number of carbonyl (C=O) groups excluding carboxylic acids is 1. The van der Waals surface area contributed by atoms with Gasteiger partial charge in [0.25, 0.3) is 0 Å². The van der Waals surface area contributed by atoms with E-state index in [-0.39, 0.29) is 12.1 Å². The highest BCUT2D eigenvalue weighted by Crippen LogP contribution is 2.18. The first-order valence-electron chi connectivity index (χ1n) is 7.75. The number of carbonyl (C=O) groups is 2. The van der Waals surface area contributed by atoms with Crippen LogP contribution in [0.5, 0.6) is 0 Å². The SMILES string of the molecule is CN(C(=O)n1cnc(-c2cccnc2)c1)C1CCN(C(=O)O)CC1. The summed E-state index contributed by atoms with van der Waals surface area (Å²) in [6.07, 6.45) is 6.93. The number of likely N-dealkylation sites (tertiary alicyclic amines) is 1. The van der Waals surface area contributed by atoms with Crippen molar-refractivity contribution in [2.45, 2.75) is 18.9 Å². The third-order valence-corrected chi connectivity index (χ3v) is 4.35. The number of hydrogen-bond donors (Lipinski definition) is 1. The Morgan fingerprint density at radius 1 is 1.33 bits per heavy atom. The third-order valence-electron chi connectivity index (χ3n) is 4.35. The van der Waals surface area contributed by atoms with Crippen LogP contribution in [0, 0.1) is 0 Å². The number of piperidine rings is 1. The third kappa shape index (κ3) is 3.22. The molecular weight excluding hydrogens is 310 g/mol. The van der Waals surface area contributed by atoms with E-state index >= 15 is 0 Å². The lowest BCUT2D eigenvalue weighted by molar-refractivity contribution is 0.112. The topological polar surface area (TPSA) is 91.6 Å². The van der Waals surface area contributed by atoms with Crippen LogP contribution in [-0.2, 0) is 0 Å². The molecule has 2 amide bonds. The molecule has 1 N–H and O–H groups in total. The first-order chi connectivity index (χ1) is 11.6. The summed E-state index contributed by atoms with van der Waals surface area (Å²) in [6, 6.07) is 3.55. The van der Waals surface area contributed by atoms with Gasteiger partial charge in [-0.25, -0.2) is 14.6 Å². The molecule has 8 nitrogen and oxygen atoms in total. The maximum absolute atomic E-state index is 12.6. The number of aromatic nitrogens is 3. The van der Waals surface area contributed by atoms with E-state index in [4.69, 9.17) is 5.11 Å². The van der Waals surface area contributed by atoms with Crippen molar-refractivity contribution in [2.75, 3.05) is 20.1 Å². The molecule has 8 heteroatoms. The van der Waals surface area contributed by atoms with Crippen LogP contribution in [0.2, 0.25) is 0 Å². The van der Waals surface area contributed by atoms with Crippen LogP contribution >= 0.6 is 0 Å². The highest BCUT2D eigenvalue weighted by molar-refractivity contribution is 5.78. The largest absolute Gasteiger partial charge is 0.465 e. The molecule has 24 heavy (non-hydrogen) atoms. The molecule has 0 atom stereocenters. The summed E-state index contributed by atoms with van der Waals surface area (Å²) in [5, 5.41) is 8.99. The first-order valence-corrected chi connectivity index (χ1v) is 7.75. The quantitative estimate of drug-likeness (QED) is 0.909. The maximum Gasteiger partial charge on any atom is 0.407 e. The van der Waals surface area contributed by atoms with Crippen LogP contribution in [0.1, 0.15) is 12.8 Å². The lowest BCUT2D eigenvalue weighted by Gasteiger charge is -2.35. The fourth-order valence-corrected chi connectivity index (χ4v) is 2.87. The van der Waals surface area contributed by atoms with Crippen molar-refractivity contribution in [3.8, 4) is 11.3 Å². The predicted molar refractivity (Wildman–Crippen MR) is 86.6 cm³/mol. The normalized spacial score (nSPS) is 15.3. The number of pyridine rings is 1. The summed E-state index contributed by atoms with van der Waals surface area (Å²) in [5.74, 6) is 0. The Morgan fingerprint density at radius 3 is 2.71 bits per heavy atom. The minimum absolute atomic E-state index is 0.0253. The number of amides is 2. The van der Waals surface area contributed by atoms with E-state index in [2.05, 4.69) is 9.97 Å². The van der Waals surface area contributed by atoms with Crippen molar-refractivity contribution in [1.82, 2.24) is 24.3 Å². The zero-order chi connectivity index (χ0) is 17.1. The van der Waals surface area contributed by atoms with Crippen molar-refractivity contribution in [3.05, 3.63) is 37.1 Å². The second-order valence-electron chi connectivity index (χ2n) is 5.80. The minimum atomic E-state index is -0.904. The Balaban J connectivity index is 1.66. The molecule has 1 aliphatic rings. The molecule has 1 aliphatic heterocycles. The van der Waals surface area contributed by atoms with Crippen LogP contribution in [0.15, 0.2) is 37.1 Å². The molecule has 3 heterocycles. The molecule has 126 valence electrons. The lowest BCUT2D eigenvalue weighted by Crippen LogP contribution is -2.47. The highest BCUT2D eigenvalue weighted by atomic mass is 16.4. The van der Waals surface area contributed by atoms with Gasteiger partial charge < -0.3 is 14.9 Å². The van der Waals surface area contributed by atoms with Gasteiger partial charge in [-0.3, -0.25) is 9.55 Å². The molecule has 0 unspecified atom stereocenters. The summed E-state index contributed by atoms with van der Waals surface area (Å²) in [6.45, 7) is 0.894. The highest BCUT2D eigenvalue weighted by Gasteiger charge is 2.28. The van der Waals surface area contributed by atoms with Crippen LogP contribution in [0.3, 0.4) is 0 Å². The van der Waals surface area contributed by atoms with Gasteiger partial charge in [-0.15, -0.1) is 0 Å². The van der Waals surface area contributed by atoms with Gasteiger partial charge >= 0.3 is 12.1 Å². The summed E-state index contributed by atoms with van der Waals surface area (Å²) in [4.78, 5) is 34.9. The molecule has 1 saturated heterocycles. The zero-order valence-corrected chi connectivity index (χ0v) is 13.4. The molecule has 0 bridgehead atoms. The average molecular weight is 329 g/mol. The van der Waals surface area contributed by atoms with E-state index in [1.807, 2.05) is 12.1 Å². The second kappa shape index (κ2) is 6.69. The van der Waals surface area contributed by atoms with Gasteiger partial charge in [0.2, 0.25) is 0 Å². The fourth-order valence-electron chi connectivity index (χ4n) is 2.87. The van der Waals surface area contributed by atoms with Crippen LogP contribution in [-0.4, -0.2) is 67.7 Å². The molecular formula is C16H19N5O3. The summed E-state index contributed by atoms with van der Waals surface area (Å²) in [5.41, 5.74) is 1.53. The minimum Gasteiger partial charge on any atom is -0.465 e. The van der Waals surface area contributed by atoms with Gasteiger partial charge in [0.05, 0.1) is 5.69 Å². The Kier molecular flexibility index (Phi) is 4.45. The molecule has 3 rings (SSSR count). The first kappa shape index (κ1) is 16.0. The summed E-state index contributed by atoms with van der Waals surface area (Å²) in [7, 11) is 1.74. The Morgan fingerprint density at radius 2 is 2.08 bits per heavy atom. The van der Waals surface area contributed by atoms with Gasteiger partial charge in [-0.1, -0.05) is 0 Å². The van der Waals surface area contributed by atoms with Gasteiger partial charge in [0.1, 0.15) is 6.33 Å². The van der Waals surface area contributed by atoms with Gasteiger partial charge in [0, 0.05) is 50.3 Å². The molecule has 0 saturated carbocycles. The summed E-state index contributed by atoms with van der Waals surface area (Å²) >= 11 is 0. The monoisotopic (exact) mass is 329 g/mol. The Labute approximate surface area is 139 Å². The predicted octanol–water partition coefficient (Wildman–Crippen LogP) is 1.99. The van der Waals surface area contributed by atoms with Crippen LogP contribution in [0.25, 0.3) is 11.3 Å². The molecule has 1 fully saturated rings. The lowest BCUT2D eigenvalue weighted by atomic mass is 10.0. The van der Waals surface area contributed by atoms with Crippen molar-refractivity contribution in [1.29, 1.82) is 0 Å². The van der Waals surface area contributed by atoms with E-state index in [0.29, 0.717) is 31.6 Å². The molecule has 0 aliphatic carbocycles. The number of hydrogen-bond acceptors (Lipinski definition) is 4. The van der Waals surface area contributed by atoms with E-state index < -0.39 is 6.09 Å². The van der Waals surface area contributed by atoms with E-state index in [1.54, 1.807) is 30.5 Å². The standard InChI is InChI=1S/C16H19N5O3/c1-19(13-4-7-20(8-5-13)16(23)24)15(22)21-10-14(18-11-21)12-3-2-6-17-9-12/h2-3,6,9-11,13H,4-5,7-8H2,1H3,(H,23,24). The molecule has 0 radical (unpaired) electrons. The van der Waals surface area contributed by atoms with E-state index in [9.17, 15) is 9.59 Å². The zero-order valence-electron chi connectivity index (χ0n) is 13.4. The second-order valence-corrected chi connectivity index (χ2v) is 5.80. The smallest absolute Gasteiger partial charge is 0.407 e.